The van der Waals surface area contributed by atoms with Gasteiger partial charge in [0.15, 0.2) is 0 Å². The predicted octanol–water partition coefficient (Wildman–Crippen LogP) is 5.41. The maximum atomic E-state index is 13.0. The molecule has 2 heterocycles. The number of carbonyl (C=O) groups is 1. The van der Waals surface area contributed by atoms with Crippen LogP contribution in [0.2, 0.25) is 5.02 Å². The molecule has 1 aromatic heterocycles. The second-order valence-corrected chi connectivity index (χ2v) is 8.02. The van der Waals surface area contributed by atoms with Crippen LogP contribution in [0.4, 0.5) is 9.18 Å². The first-order valence-corrected chi connectivity index (χ1v) is 8.99. The van der Waals surface area contributed by atoms with Crippen LogP contribution in [0.15, 0.2) is 18.3 Å². The lowest BCUT2D eigenvalue weighted by molar-refractivity contribution is 0.0205. The third-order valence-electron chi connectivity index (χ3n) is 4.61. The van der Waals surface area contributed by atoms with E-state index < -0.39 is 12.3 Å². The number of benzene rings is 1. The third kappa shape index (κ3) is 3.92. The molecule has 1 aliphatic heterocycles. The molecule has 0 bridgehead atoms. The lowest BCUT2D eigenvalue weighted by Gasteiger charge is -2.33. The zero-order chi connectivity index (χ0) is 18.2. The quantitative estimate of drug-likeness (QED) is 0.772. The van der Waals surface area contributed by atoms with Crippen LogP contribution in [0.3, 0.4) is 0 Å². The van der Waals surface area contributed by atoms with Crippen molar-refractivity contribution in [2.45, 2.75) is 51.8 Å². The van der Waals surface area contributed by atoms with Gasteiger partial charge in [0.05, 0.1) is 0 Å². The first kappa shape index (κ1) is 18.1. The molecule has 0 aliphatic carbocycles. The highest BCUT2D eigenvalue weighted by molar-refractivity contribution is 6.32. The SMILES string of the molecule is CC(C)(C)OC(=O)N1CCC(c2c[nH]c3cc(CF)c(Cl)cc23)CC1. The Bertz CT molecular complexity index is 774. The first-order chi connectivity index (χ1) is 11.8. The topological polar surface area (TPSA) is 45.3 Å². The van der Waals surface area contributed by atoms with Gasteiger partial charge < -0.3 is 14.6 Å². The summed E-state index contributed by atoms with van der Waals surface area (Å²) in [7, 11) is 0. The van der Waals surface area contributed by atoms with E-state index in [9.17, 15) is 9.18 Å². The van der Waals surface area contributed by atoms with Crippen LogP contribution in [0.1, 0.15) is 50.7 Å². The molecule has 1 fully saturated rings. The molecule has 0 radical (unpaired) electrons. The Kier molecular flexibility index (Phi) is 4.96. The fourth-order valence-electron chi connectivity index (χ4n) is 3.35. The van der Waals surface area contributed by atoms with Gasteiger partial charge in [-0.3, -0.25) is 0 Å². The van der Waals surface area contributed by atoms with Gasteiger partial charge in [0, 0.05) is 40.8 Å². The Morgan fingerprint density at radius 2 is 2.04 bits per heavy atom. The highest BCUT2D eigenvalue weighted by Gasteiger charge is 2.28. The average Bonchev–Trinajstić information content (AvgIpc) is 2.95. The van der Waals surface area contributed by atoms with E-state index in [0.29, 0.717) is 29.6 Å². The number of aromatic nitrogens is 1. The van der Waals surface area contributed by atoms with E-state index >= 15 is 0 Å². The van der Waals surface area contributed by atoms with Crippen molar-refractivity contribution >= 4 is 28.6 Å². The standard InChI is InChI=1S/C19H24ClFN2O2/c1-19(2,3)25-18(24)23-6-4-12(5-7-23)15-11-22-17-8-13(10-21)16(20)9-14(15)17/h8-9,11-12,22H,4-7,10H2,1-3H3. The Hall–Kier alpha value is -1.75. The summed E-state index contributed by atoms with van der Waals surface area (Å²) in [4.78, 5) is 17.2. The van der Waals surface area contributed by atoms with E-state index in [2.05, 4.69) is 4.98 Å². The van der Waals surface area contributed by atoms with Crippen molar-refractivity contribution < 1.29 is 13.9 Å². The number of likely N-dealkylation sites (tertiary alicyclic amines) is 1. The fraction of sp³-hybridized carbons (Fsp3) is 0.526. The maximum Gasteiger partial charge on any atom is 0.410 e. The van der Waals surface area contributed by atoms with Crippen LogP contribution < -0.4 is 0 Å². The number of alkyl halides is 1. The second-order valence-electron chi connectivity index (χ2n) is 7.61. The molecular formula is C19H24ClFN2O2. The lowest BCUT2D eigenvalue weighted by Crippen LogP contribution is -2.41. The normalized spacial score (nSPS) is 16.4. The largest absolute Gasteiger partial charge is 0.444 e. The Morgan fingerprint density at radius 1 is 1.36 bits per heavy atom. The lowest BCUT2D eigenvalue weighted by atomic mass is 9.89. The molecule has 136 valence electrons. The minimum Gasteiger partial charge on any atom is -0.444 e. The number of hydrogen-bond acceptors (Lipinski definition) is 2. The van der Waals surface area contributed by atoms with Crippen molar-refractivity contribution in [1.29, 1.82) is 0 Å². The minimum absolute atomic E-state index is 0.250. The molecule has 0 saturated carbocycles. The molecule has 1 N–H and O–H groups in total. The van der Waals surface area contributed by atoms with Gasteiger partial charge in [0.2, 0.25) is 0 Å². The summed E-state index contributed by atoms with van der Waals surface area (Å²) in [5, 5.41) is 1.50. The van der Waals surface area contributed by atoms with Crippen LogP contribution in [-0.2, 0) is 11.4 Å². The molecule has 25 heavy (non-hydrogen) atoms. The zero-order valence-electron chi connectivity index (χ0n) is 14.9. The number of fused-ring (bicyclic) bond motifs is 1. The highest BCUT2D eigenvalue weighted by Crippen LogP contribution is 2.35. The van der Waals surface area contributed by atoms with Gasteiger partial charge in [-0.05, 0) is 57.2 Å². The Morgan fingerprint density at radius 3 is 2.64 bits per heavy atom. The monoisotopic (exact) mass is 366 g/mol. The number of hydrogen-bond donors (Lipinski definition) is 1. The Labute approximate surface area is 152 Å². The third-order valence-corrected chi connectivity index (χ3v) is 4.96. The van der Waals surface area contributed by atoms with Crippen molar-refractivity contribution in [3.8, 4) is 0 Å². The summed E-state index contributed by atoms with van der Waals surface area (Å²) in [6.45, 7) is 6.39. The van der Waals surface area contributed by atoms with Gasteiger partial charge in [0.1, 0.15) is 12.3 Å². The maximum absolute atomic E-state index is 13.0. The molecule has 0 atom stereocenters. The van der Waals surface area contributed by atoms with E-state index in [1.807, 2.05) is 33.0 Å². The summed E-state index contributed by atoms with van der Waals surface area (Å²) in [6.07, 6.45) is 3.47. The van der Waals surface area contributed by atoms with E-state index in [1.165, 1.54) is 5.56 Å². The van der Waals surface area contributed by atoms with Gasteiger partial charge in [-0.25, -0.2) is 9.18 Å². The number of aromatic amines is 1. The van der Waals surface area contributed by atoms with Crippen LogP contribution in [0.5, 0.6) is 0 Å². The van der Waals surface area contributed by atoms with E-state index in [1.54, 1.807) is 11.0 Å². The average molecular weight is 367 g/mol. The fourth-order valence-corrected chi connectivity index (χ4v) is 3.56. The number of nitrogens with zero attached hydrogens (tertiary/aromatic N) is 1. The molecule has 3 rings (SSSR count). The first-order valence-electron chi connectivity index (χ1n) is 8.62. The van der Waals surface area contributed by atoms with Gasteiger partial charge >= 0.3 is 6.09 Å². The number of H-pyrrole nitrogens is 1. The number of amides is 1. The van der Waals surface area contributed by atoms with E-state index in [0.717, 1.165) is 23.7 Å². The number of piperidine rings is 1. The summed E-state index contributed by atoms with van der Waals surface area (Å²) in [5.74, 6) is 0.347. The molecule has 0 unspecified atom stereocenters. The van der Waals surface area contributed by atoms with Crippen LogP contribution in [0, 0.1) is 0 Å². The molecule has 0 spiro atoms. The molecule has 1 aliphatic rings. The molecule has 1 amide bonds. The zero-order valence-corrected chi connectivity index (χ0v) is 15.6. The van der Waals surface area contributed by atoms with Crippen molar-refractivity contribution in [3.05, 3.63) is 34.5 Å². The summed E-state index contributed by atoms with van der Waals surface area (Å²) in [5.41, 5.74) is 2.12. The molecule has 1 aromatic carbocycles. The van der Waals surface area contributed by atoms with Crippen molar-refractivity contribution in [2.75, 3.05) is 13.1 Å². The van der Waals surface area contributed by atoms with E-state index in [4.69, 9.17) is 16.3 Å². The van der Waals surface area contributed by atoms with Crippen molar-refractivity contribution in [2.24, 2.45) is 0 Å². The number of ether oxygens (including phenoxy) is 1. The second kappa shape index (κ2) is 6.87. The van der Waals surface area contributed by atoms with Gasteiger partial charge in [0.25, 0.3) is 0 Å². The Balaban J connectivity index is 1.72. The van der Waals surface area contributed by atoms with Gasteiger partial charge in [-0.1, -0.05) is 11.6 Å². The van der Waals surface area contributed by atoms with Crippen LogP contribution in [0.25, 0.3) is 10.9 Å². The number of rotatable bonds is 2. The number of nitrogens with one attached hydrogen (secondary N) is 1. The molecule has 6 heteroatoms. The summed E-state index contributed by atoms with van der Waals surface area (Å²) < 4.78 is 18.4. The highest BCUT2D eigenvalue weighted by atomic mass is 35.5. The molecule has 2 aromatic rings. The van der Waals surface area contributed by atoms with Gasteiger partial charge in [-0.15, -0.1) is 0 Å². The molecule has 1 saturated heterocycles. The number of halogens is 2. The van der Waals surface area contributed by atoms with E-state index in [-0.39, 0.29) is 6.09 Å². The summed E-state index contributed by atoms with van der Waals surface area (Å²) >= 11 is 6.17. The van der Waals surface area contributed by atoms with Crippen molar-refractivity contribution in [3.63, 3.8) is 0 Å². The minimum atomic E-state index is -0.572. The van der Waals surface area contributed by atoms with Crippen LogP contribution in [-0.4, -0.2) is 34.7 Å². The van der Waals surface area contributed by atoms with Gasteiger partial charge in [-0.2, -0.15) is 0 Å². The number of carbonyl (C=O) groups excluding carboxylic acids is 1. The summed E-state index contributed by atoms with van der Waals surface area (Å²) in [6, 6.07) is 3.62. The smallest absolute Gasteiger partial charge is 0.410 e. The predicted molar refractivity (Wildman–Crippen MR) is 97.9 cm³/mol. The van der Waals surface area contributed by atoms with Crippen molar-refractivity contribution in [1.82, 2.24) is 9.88 Å². The van der Waals surface area contributed by atoms with Crippen LogP contribution >= 0.6 is 11.6 Å². The molecule has 4 nitrogen and oxygen atoms in total. The molecular weight excluding hydrogens is 343 g/mol.